The van der Waals surface area contributed by atoms with E-state index in [4.69, 9.17) is 0 Å². The average Bonchev–Trinajstić information content (AvgIpc) is 2.34. The molecule has 1 aromatic heterocycles. The molecule has 0 radical (unpaired) electrons. The van der Waals surface area contributed by atoms with E-state index in [2.05, 4.69) is 19.9 Å². The first-order valence-electron chi connectivity index (χ1n) is 2.45. The summed E-state index contributed by atoms with van der Waals surface area (Å²) in [5.41, 5.74) is 3.56. The largest absolute Gasteiger partial charge is 0.305 e. The van der Waals surface area contributed by atoms with E-state index in [9.17, 15) is 0 Å². The van der Waals surface area contributed by atoms with Crippen LogP contribution in [0.3, 0.4) is 0 Å². The maximum Gasteiger partial charge on any atom is 0.0917 e. The SMILES string of the molecule is CONCc1csnn1. The molecule has 0 aliphatic heterocycles. The highest BCUT2D eigenvalue weighted by Gasteiger charge is 1.91. The molecular weight excluding hydrogens is 138 g/mol. The van der Waals surface area contributed by atoms with Crippen LogP contribution >= 0.6 is 11.5 Å². The Labute approximate surface area is 57.0 Å². The van der Waals surface area contributed by atoms with Crippen molar-refractivity contribution >= 4 is 11.5 Å². The lowest BCUT2D eigenvalue weighted by atomic mass is 10.5. The Morgan fingerprint density at radius 3 is 3.33 bits per heavy atom. The summed E-state index contributed by atoms with van der Waals surface area (Å²) in [5, 5.41) is 5.65. The molecule has 1 heterocycles. The smallest absolute Gasteiger partial charge is 0.0917 e. The minimum atomic E-state index is 0.618. The standard InChI is InChI=1S/C4H7N3OS/c1-8-5-2-4-3-9-7-6-4/h3,5H,2H2,1H3. The Hall–Kier alpha value is -0.520. The van der Waals surface area contributed by atoms with Crippen LogP contribution < -0.4 is 5.48 Å². The predicted octanol–water partition coefficient (Wildman–Crippen LogP) is 0.189. The van der Waals surface area contributed by atoms with Gasteiger partial charge >= 0.3 is 0 Å². The van der Waals surface area contributed by atoms with Crippen LogP contribution in [0.4, 0.5) is 0 Å². The fourth-order valence-corrected chi connectivity index (χ4v) is 0.858. The topological polar surface area (TPSA) is 47.0 Å². The van der Waals surface area contributed by atoms with Gasteiger partial charge in [-0.3, -0.25) is 0 Å². The Morgan fingerprint density at radius 2 is 2.78 bits per heavy atom. The molecule has 50 valence electrons. The zero-order valence-electron chi connectivity index (χ0n) is 5.00. The second kappa shape index (κ2) is 3.49. The highest BCUT2D eigenvalue weighted by molar-refractivity contribution is 7.03. The van der Waals surface area contributed by atoms with Crippen molar-refractivity contribution in [1.29, 1.82) is 0 Å². The van der Waals surface area contributed by atoms with E-state index in [1.807, 2.05) is 5.38 Å². The molecule has 0 atom stereocenters. The molecule has 0 aliphatic rings. The molecule has 1 aromatic rings. The minimum absolute atomic E-state index is 0.618. The molecule has 0 unspecified atom stereocenters. The number of nitrogens with one attached hydrogen (secondary N) is 1. The van der Waals surface area contributed by atoms with E-state index in [0.29, 0.717) is 6.54 Å². The average molecular weight is 145 g/mol. The molecule has 1 rings (SSSR count). The lowest BCUT2D eigenvalue weighted by Crippen LogP contribution is -2.10. The minimum Gasteiger partial charge on any atom is -0.305 e. The summed E-state index contributed by atoms with van der Waals surface area (Å²) in [4.78, 5) is 4.60. The van der Waals surface area contributed by atoms with Gasteiger partial charge in [0.2, 0.25) is 0 Å². The van der Waals surface area contributed by atoms with Crippen molar-refractivity contribution < 1.29 is 4.84 Å². The third kappa shape index (κ3) is 2.05. The van der Waals surface area contributed by atoms with Gasteiger partial charge in [0.1, 0.15) is 0 Å². The van der Waals surface area contributed by atoms with Gasteiger partial charge in [-0.15, -0.1) is 5.10 Å². The van der Waals surface area contributed by atoms with Crippen molar-refractivity contribution in [2.75, 3.05) is 7.11 Å². The van der Waals surface area contributed by atoms with Crippen molar-refractivity contribution in [2.24, 2.45) is 0 Å². The lowest BCUT2D eigenvalue weighted by Gasteiger charge is -1.93. The number of hydrogen-bond donors (Lipinski definition) is 1. The van der Waals surface area contributed by atoms with Crippen LogP contribution in [0.2, 0.25) is 0 Å². The summed E-state index contributed by atoms with van der Waals surface area (Å²) in [7, 11) is 1.57. The molecule has 0 fully saturated rings. The zero-order valence-corrected chi connectivity index (χ0v) is 5.81. The molecule has 0 amide bonds. The summed E-state index contributed by atoms with van der Waals surface area (Å²) in [6, 6.07) is 0. The van der Waals surface area contributed by atoms with Crippen LogP contribution in [-0.4, -0.2) is 16.7 Å². The number of rotatable bonds is 3. The van der Waals surface area contributed by atoms with Crippen LogP contribution in [0, 0.1) is 0 Å². The number of hydroxylamine groups is 1. The molecule has 0 aromatic carbocycles. The van der Waals surface area contributed by atoms with Crippen LogP contribution in [0.5, 0.6) is 0 Å². The van der Waals surface area contributed by atoms with E-state index >= 15 is 0 Å². The molecule has 1 N–H and O–H groups in total. The first-order valence-corrected chi connectivity index (χ1v) is 3.29. The van der Waals surface area contributed by atoms with Crippen LogP contribution in [0.15, 0.2) is 5.38 Å². The van der Waals surface area contributed by atoms with Gasteiger partial charge in [0.05, 0.1) is 19.3 Å². The second-order valence-electron chi connectivity index (χ2n) is 1.42. The normalized spacial score (nSPS) is 9.89. The highest BCUT2D eigenvalue weighted by Crippen LogP contribution is 1.94. The van der Waals surface area contributed by atoms with Crippen molar-refractivity contribution in [3.63, 3.8) is 0 Å². The zero-order chi connectivity index (χ0) is 6.53. The van der Waals surface area contributed by atoms with Gasteiger partial charge in [-0.05, 0) is 11.5 Å². The molecule has 0 bridgehead atoms. The Balaban J connectivity index is 2.30. The molecule has 0 saturated heterocycles. The van der Waals surface area contributed by atoms with E-state index < -0.39 is 0 Å². The Bertz CT molecular complexity index is 153. The molecular formula is C4H7N3OS. The van der Waals surface area contributed by atoms with Gasteiger partial charge in [-0.1, -0.05) is 4.49 Å². The molecule has 9 heavy (non-hydrogen) atoms. The van der Waals surface area contributed by atoms with Gasteiger partial charge in [0.25, 0.3) is 0 Å². The van der Waals surface area contributed by atoms with Gasteiger partial charge in [0, 0.05) is 5.38 Å². The molecule has 0 spiro atoms. The quantitative estimate of drug-likeness (QED) is 0.617. The van der Waals surface area contributed by atoms with Crippen molar-refractivity contribution in [3.05, 3.63) is 11.1 Å². The number of hydrogen-bond acceptors (Lipinski definition) is 5. The van der Waals surface area contributed by atoms with Crippen molar-refractivity contribution in [3.8, 4) is 0 Å². The van der Waals surface area contributed by atoms with Gasteiger partial charge in [0.15, 0.2) is 0 Å². The fraction of sp³-hybridized carbons (Fsp3) is 0.500. The van der Waals surface area contributed by atoms with Crippen molar-refractivity contribution in [2.45, 2.75) is 6.54 Å². The molecule has 4 nitrogen and oxygen atoms in total. The maximum absolute atomic E-state index is 4.60. The summed E-state index contributed by atoms with van der Waals surface area (Å²) in [5.74, 6) is 0. The molecule has 0 aliphatic carbocycles. The van der Waals surface area contributed by atoms with Crippen molar-refractivity contribution in [1.82, 2.24) is 15.1 Å². The monoisotopic (exact) mass is 145 g/mol. The number of nitrogens with zero attached hydrogens (tertiary/aromatic N) is 2. The van der Waals surface area contributed by atoms with Gasteiger partial charge < -0.3 is 4.84 Å². The summed E-state index contributed by atoms with van der Waals surface area (Å²) >= 11 is 1.33. The third-order valence-electron chi connectivity index (χ3n) is 0.803. The summed E-state index contributed by atoms with van der Waals surface area (Å²) < 4.78 is 3.67. The van der Waals surface area contributed by atoms with E-state index in [-0.39, 0.29) is 0 Å². The van der Waals surface area contributed by atoms with Gasteiger partial charge in [-0.25, -0.2) is 0 Å². The first kappa shape index (κ1) is 6.60. The molecule has 5 heteroatoms. The van der Waals surface area contributed by atoms with Crippen LogP contribution in [0.25, 0.3) is 0 Å². The summed E-state index contributed by atoms with van der Waals surface area (Å²) in [6.45, 7) is 0.618. The third-order valence-corrected chi connectivity index (χ3v) is 1.36. The highest BCUT2D eigenvalue weighted by atomic mass is 32.1. The van der Waals surface area contributed by atoms with Crippen LogP contribution in [0.1, 0.15) is 5.69 Å². The molecule has 0 saturated carbocycles. The lowest BCUT2D eigenvalue weighted by molar-refractivity contribution is 0.0858. The first-order chi connectivity index (χ1) is 4.43. The predicted molar refractivity (Wildman–Crippen MR) is 33.8 cm³/mol. The number of aromatic nitrogens is 2. The van der Waals surface area contributed by atoms with E-state index in [0.717, 1.165) is 5.69 Å². The van der Waals surface area contributed by atoms with E-state index in [1.165, 1.54) is 11.5 Å². The van der Waals surface area contributed by atoms with E-state index in [1.54, 1.807) is 7.11 Å². The Morgan fingerprint density at radius 1 is 1.89 bits per heavy atom. The fourth-order valence-electron chi connectivity index (χ4n) is 0.407. The second-order valence-corrected chi connectivity index (χ2v) is 2.03. The van der Waals surface area contributed by atoms with Gasteiger partial charge in [-0.2, -0.15) is 5.48 Å². The summed E-state index contributed by atoms with van der Waals surface area (Å²) in [6.07, 6.45) is 0. The van der Waals surface area contributed by atoms with Crippen LogP contribution in [-0.2, 0) is 11.4 Å². The Kier molecular flexibility index (Phi) is 2.56. The maximum atomic E-state index is 4.60.